The van der Waals surface area contributed by atoms with E-state index >= 15 is 0 Å². The third-order valence-electron chi connectivity index (χ3n) is 3.13. The highest BCUT2D eigenvalue weighted by atomic mass is 16.5. The fraction of sp³-hybridized carbons (Fsp3) is 0.467. The van der Waals surface area contributed by atoms with E-state index in [-0.39, 0.29) is 19.1 Å². The van der Waals surface area contributed by atoms with Crippen LogP contribution < -0.4 is 10.6 Å². The van der Waals surface area contributed by atoms with Gasteiger partial charge in [-0.2, -0.15) is 0 Å². The third-order valence-corrected chi connectivity index (χ3v) is 3.13. The lowest BCUT2D eigenvalue weighted by atomic mass is 10.1. The molecule has 1 aromatic carbocycles. The number of nitrogens with one attached hydrogen (secondary N) is 2. The number of aliphatic carboxylic acids is 1. The maximum Gasteiger partial charge on any atom is 0.326 e. The number of benzene rings is 1. The van der Waals surface area contributed by atoms with E-state index in [1.807, 2.05) is 37.3 Å². The van der Waals surface area contributed by atoms with Crippen LogP contribution in [-0.2, 0) is 9.53 Å². The van der Waals surface area contributed by atoms with Crippen LogP contribution in [0.3, 0.4) is 0 Å². The number of carboxylic acid groups (broad SMARTS) is 1. The molecule has 0 aliphatic carbocycles. The van der Waals surface area contributed by atoms with Gasteiger partial charge in [-0.25, -0.2) is 9.59 Å². The number of hydrogen-bond donors (Lipinski definition) is 3. The summed E-state index contributed by atoms with van der Waals surface area (Å²) in [6.45, 7) is 2.23. The minimum absolute atomic E-state index is 0.150. The van der Waals surface area contributed by atoms with Gasteiger partial charge in [-0.05, 0) is 12.0 Å². The Bertz CT molecular complexity index is 450. The number of urea groups is 1. The van der Waals surface area contributed by atoms with Crippen molar-refractivity contribution in [3.05, 3.63) is 35.9 Å². The molecule has 3 N–H and O–H groups in total. The van der Waals surface area contributed by atoms with Crippen LogP contribution >= 0.6 is 0 Å². The van der Waals surface area contributed by atoms with Gasteiger partial charge in [0.2, 0.25) is 0 Å². The standard InChI is InChI=1S/C15H22N2O4/c1-3-12(11-7-5-4-6-8-11)16-15(20)17-13(14(18)19)9-10-21-2/h4-8,12-13H,3,9-10H2,1-2H3,(H,18,19)(H2,16,17,20). The van der Waals surface area contributed by atoms with Gasteiger partial charge in [0.25, 0.3) is 0 Å². The van der Waals surface area contributed by atoms with Gasteiger partial charge in [0.15, 0.2) is 0 Å². The maximum atomic E-state index is 11.9. The highest BCUT2D eigenvalue weighted by molar-refractivity contribution is 5.82. The second-order valence-electron chi connectivity index (χ2n) is 4.66. The summed E-state index contributed by atoms with van der Waals surface area (Å²) in [6, 6.07) is 7.95. The van der Waals surface area contributed by atoms with Crippen molar-refractivity contribution in [1.29, 1.82) is 0 Å². The molecule has 116 valence electrons. The van der Waals surface area contributed by atoms with Crippen LogP contribution in [0.2, 0.25) is 0 Å². The lowest BCUT2D eigenvalue weighted by Gasteiger charge is -2.20. The molecule has 21 heavy (non-hydrogen) atoms. The minimum Gasteiger partial charge on any atom is -0.480 e. The lowest BCUT2D eigenvalue weighted by Crippen LogP contribution is -2.47. The molecular formula is C15H22N2O4. The Morgan fingerprint density at radius 2 is 1.90 bits per heavy atom. The summed E-state index contributed by atoms with van der Waals surface area (Å²) in [6.07, 6.45) is 0.939. The molecule has 0 aliphatic rings. The van der Waals surface area contributed by atoms with Crippen LogP contribution in [0.5, 0.6) is 0 Å². The van der Waals surface area contributed by atoms with Gasteiger partial charge in [0.1, 0.15) is 6.04 Å². The monoisotopic (exact) mass is 294 g/mol. The number of hydrogen-bond acceptors (Lipinski definition) is 3. The molecule has 0 heterocycles. The van der Waals surface area contributed by atoms with Crippen molar-refractivity contribution in [2.24, 2.45) is 0 Å². The topological polar surface area (TPSA) is 87.7 Å². The van der Waals surface area contributed by atoms with E-state index in [2.05, 4.69) is 10.6 Å². The molecule has 6 nitrogen and oxygen atoms in total. The van der Waals surface area contributed by atoms with E-state index in [4.69, 9.17) is 9.84 Å². The Morgan fingerprint density at radius 1 is 1.24 bits per heavy atom. The zero-order chi connectivity index (χ0) is 15.7. The molecule has 0 spiro atoms. The Hall–Kier alpha value is -2.08. The minimum atomic E-state index is -1.07. The molecule has 0 bridgehead atoms. The second-order valence-corrected chi connectivity index (χ2v) is 4.66. The highest BCUT2D eigenvalue weighted by Gasteiger charge is 2.21. The quantitative estimate of drug-likeness (QED) is 0.683. The van der Waals surface area contributed by atoms with Gasteiger partial charge >= 0.3 is 12.0 Å². The zero-order valence-electron chi connectivity index (χ0n) is 12.3. The van der Waals surface area contributed by atoms with Gasteiger partial charge in [-0.3, -0.25) is 0 Å². The van der Waals surface area contributed by atoms with Crippen molar-refractivity contribution in [1.82, 2.24) is 10.6 Å². The zero-order valence-corrected chi connectivity index (χ0v) is 12.3. The molecular weight excluding hydrogens is 272 g/mol. The van der Waals surface area contributed by atoms with Gasteiger partial charge in [-0.1, -0.05) is 37.3 Å². The summed E-state index contributed by atoms with van der Waals surface area (Å²) in [5, 5.41) is 14.3. The molecule has 1 aromatic rings. The van der Waals surface area contributed by atoms with Crippen molar-refractivity contribution < 1.29 is 19.4 Å². The van der Waals surface area contributed by atoms with Crippen LogP contribution in [0.4, 0.5) is 4.79 Å². The number of rotatable bonds is 8. The second kappa shape index (κ2) is 8.97. The van der Waals surface area contributed by atoms with E-state index in [9.17, 15) is 9.59 Å². The van der Waals surface area contributed by atoms with Crippen LogP contribution in [-0.4, -0.2) is 36.9 Å². The van der Waals surface area contributed by atoms with Crippen LogP contribution in [0.15, 0.2) is 30.3 Å². The van der Waals surface area contributed by atoms with Crippen molar-refractivity contribution in [3.63, 3.8) is 0 Å². The van der Waals surface area contributed by atoms with Gasteiger partial charge in [-0.15, -0.1) is 0 Å². The van der Waals surface area contributed by atoms with Crippen molar-refractivity contribution >= 4 is 12.0 Å². The lowest BCUT2D eigenvalue weighted by molar-refractivity contribution is -0.139. The van der Waals surface area contributed by atoms with Crippen molar-refractivity contribution in [3.8, 4) is 0 Å². The molecule has 0 saturated carbocycles. The van der Waals surface area contributed by atoms with Crippen molar-refractivity contribution in [2.75, 3.05) is 13.7 Å². The first-order chi connectivity index (χ1) is 10.1. The van der Waals surface area contributed by atoms with E-state index in [1.165, 1.54) is 7.11 Å². The van der Waals surface area contributed by atoms with E-state index < -0.39 is 18.0 Å². The summed E-state index contributed by atoms with van der Waals surface area (Å²) in [5.74, 6) is -1.07. The van der Waals surface area contributed by atoms with E-state index in [0.717, 1.165) is 5.56 Å². The molecule has 0 fully saturated rings. The maximum absolute atomic E-state index is 11.9. The molecule has 0 aliphatic heterocycles. The summed E-state index contributed by atoms with van der Waals surface area (Å²) in [4.78, 5) is 23.0. The smallest absolute Gasteiger partial charge is 0.326 e. The Balaban J connectivity index is 2.59. The van der Waals surface area contributed by atoms with Crippen molar-refractivity contribution in [2.45, 2.75) is 31.8 Å². The number of amides is 2. The Morgan fingerprint density at radius 3 is 2.43 bits per heavy atom. The predicted octanol–water partition coefficient (Wildman–Crippen LogP) is 1.93. The third kappa shape index (κ3) is 5.83. The number of methoxy groups -OCH3 is 1. The van der Waals surface area contributed by atoms with Gasteiger partial charge < -0.3 is 20.5 Å². The fourth-order valence-electron chi connectivity index (χ4n) is 1.96. The molecule has 1 rings (SSSR count). The molecule has 6 heteroatoms. The van der Waals surface area contributed by atoms with Gasteiger partial charge in [0, 0.05) is 20.1 Å². The first-order valence-electron chi connectivity index (χ1n) is 6.92. The summed E-state index contributed by atoms with van der Waals surface area (Å²) in [5.41, 5.74) is 0.985. The summed E-state index contributed by atoms with van der Waals surface area (Å²) in [7, 11) is 1.49. The average molecular weight is 294 g/mol. The molecule has 0 aromatic heterocycles. The Kier molecular flexibility index (Phi) is 7.25. The summed E-state index contributed by atoms with van der Waals surface area (Å²) < 4.78 is 4.84. The van der Waals surface area contributed by atoms with Crippen LogP contribution in [0, 0.1) is 0 Å². The predicted molar refractivity (Wildman–Crippen MR) is 79.1 cm³/mol. The number of carbonyl (C=O) groups is 2. The van der Waals surface area contributed by atoms with Gasteiger partial charge in [0.05, 0.1) is 6.04 Å². The Labute approximate surface area is 124 Å². The first-order valence-corrected chi connectivity index (χ1v) is 6.92. The first kappa shape index (κ1) is 17.0. The average Bonchev–Trinajstić information content (AvgIpc) is 2.49. The highest BCUT2D eigenvalue weighted by Crippen LogP contribution is 2.15. The molecule has 0 radical (unpaired) electrons. The molecule has 0 saturated heterocycles. The molecule has 2 atom stereocenters. The fourth-order valence-corrected chi connectivity index (χ4v) is 1.96. The van der Waals surface area contributed by atoms with Crippen LogP contribution in [0.1, 0.15) is 31.4 Å². The number of carbonyl (C=O) groups excluding carboxylic acids is 1. The summed E-state index contributed by atoms with van der Waals surface area (Å²) >= 11 is 0. The molecule has 2 unspecified atom stereocenters. The number of ether oxygens (including phenoxy) is 1. The SMILES string of the molecule is CCC(NC(=O)NC(CCOC)C(=O)O)c1ccccc1. The van der Waals surface area contributed by atoms with E-state index in [1.54, 1.807) is 0 Å². The van der Waals surface area contributed by atoms with Crippen LogP contribution in [0.25, 0.3) is 0 Å². The van der Waals surface area contributed by atoms with E-state index in [0.29, 0.717) is 6.42 Å². The normalized spacial score (nSPS) is 13.2. The number of carboxylic acids is 1. The molecule has 2 amide bonds. The largest absolute Gasteiger partial charge is 0.480 e.